The van der Waals surface area contributed by atoms with E-state index in [9.17, 15) is 0 Å². The van der Waals surface area contributed by atoms with E-state index in [0.717, 1.165) is 5.89 Å². The van der Waals surface area contributed by atoms with Gasteiger partial charge in [-0.1, -0.05) is 0 Å². The van der Waals surface area contributed by atoms with E-state index < -0.39 is 11.0 Å². The summed E-state index contributed by atoms with van der Waals surface area (Å²) in [7, 11) is -3.12. The molecular formula is C4H7NO4S. The molecule has 0 saturated heterocycles. The maximum atomic E-state index is 8.59. The van der Waals surface area contributed by atoms with Gasteiger partial charge in [-0.3, -0.25) is 4.55 Å². The number of oxazole rings is 1. The third-order valence-corrected chi connectivity index (χ3v) is 0.556. The monoisotopic (exact) mass is 165 g/mol. The molecule has 0 unspecified atom stereocenters. The van der Waals surface area contributed by atoms with Crippen molar-refractivity contribution in [2.45, 2.75) is 6.92 Å². The number of nitrogens with zero attached hydrogens (tertiary/aromatic N) is 1. The van der Waals surface area contributed by atoms with Crippen LogP contribution in [0.3, 0.4) is 0 Å². The summed E-state index contributed by atoms with van der Waals surface area (Å²) in [5.74, 6) is 0.718. The van der Waals surface area contributed by atoms with Crippen LogP contribution in [-0.4, -0.2) is 18.0 Å². The summed E-state index contributed by atoms with van der Waals surface area (Å²) in [4.78, 5) is 3.75. The molecule has 5 nitrogen and oxygen atoms in total. The fourth-order valence-corrected chi connectivity index (χ4v) is 0.295. The Morgan fingerprint density at radius 2 is 2.20 bits per heavy atom. The third kappa shape index (κ3) is 7.12. The van der Waals surface area contributed by atoms with Gasteiger partial charge in [0.15, 0.2) is 5.89 Å². The standard InChI is InChI=1S/C4H5NO.H2O3S/c1-4-5-2-3-6-4;1-4(2)3/h2-3H,1H3;4H,(H,1,2,3). The summed E-state index contributed by atoms with van der Waals surface area (Å²) >= 11 is 0. The molecule has 0 spiro atoms. The SMILES string of the molecule is Cc1ncco1.O=[SH](=O)O. The first-order valence-electron chi connectivity index (χ1n) is 2.32. The van der Waals surface area contributed by atoms with Crippen LogP contribution in [0.25, 0.3) is 0 Å². The van der Waals surface area contributed by atoms with Crippen molar-refractivity contribution in [1.82, 2.24) is 4.98 Å². The van der Waals surface area contributed by atoms with Gasteiger partial charge in [0.2, 0.25) is 0 Å². The molecule has 0 aliphatic rings. The van der Waals surface area contributed by atoms with Gasteiger partial charge >= 0.3 is 0 Å². The maximum absolute atomic E-state index is 8.59. The zero-order chi connectivity index (χ0) is 7.98. The van der Waals surface area contributed by atoms with Crippen molar-refractivity contribution in [2.24, 2.45) is 0 Å². The first-order valence-corrected chi connectivity index (χ1v) is 3.45. The van der Waals surface area contributed by atoms with Gasteiger partial charge in [0.05, 0.1) is 6.20 Å². The average molecular weight is 165 g/mol. The first-order chi connectivity index (χ1) is 4.63. The molecule has 0 aromatic carbocycles. The van der Waals surface area contributed by atoms with Crippen molar-refractivity contribution in [3.8, 4) is 0 Å². The molecule has 6 heteroatoms. The third-order valence-electron chi connectivity index (χ3n) is 0.556. The van der Waals surface area contributed by atoms with Crippen molar-refractivity contribution in [3.63, 3.8) is 0 Å². The van der Waals surface area contributed by atoms with E-state index in [4.69, 9.17) is 17.4 Å². The minimum atomic E-state index is -3.12. The van der Waals surface area contributed by atoms with Gasteiger partial charge in [-0.2, -0.15) is 0 Å². The number of thiol groups is 1. The van der Waals surface area contributed by atoms with Crippen molar-refractivity contribution in [2.75, 3.05) is 0 Å². The highest BCUT2D eigenvalue weighted by molar-refractivity contribution is 7.66. The quantitative estimate of drug-likeness (QED) is 0.419. The number of rotatable bonds is 0. The molecule has 1 aromatic heterocycles. The van der Waals surface area contributed by atoms with Gasteiger partial charge in [-0.25, -0.2) is 13.4 Å². The van der Waals surface area contributed by atoms with Crippen LogP contribution in [0, 0.1) is 6.92 Å². The van der Waals surface area contributed by atoms with Crippen LogP contribution in [0.2, 0.25) is 0 Å². The maximum Gasteiger partial charge on any atom is 0.254 e. The molecule has 1 N–H and O–H groups in total. The Morgan fingerprint density at radius 1 is 1.70 bits per heavy atom. The zero-order valence-electron chi connectivity index (χ0n) is 5.22. The average Bonchev–Trinajstić information content (AvgIpc) is 2.15. The Balaban J connectivity index is 0.000000180. The van der Waals surface area contributed by atoms with Crippen molar-refractivity contribution >= 4 is 11.0 Å². The summed E-state index contributed by atoms with van der Waals surface area (Å²) in [5.41, 5.74) is 0. The molecule has 10 heavy (non-hydrogen) atoms. The van der Waals surface area contributed by atoms with E-state index in [0.29, 0.717) is 0 Å². The summed E-state index contributed by atoms with van der Waals surface area (Å²) in [6.45, 7) is 1.81. The van der Waals surface area contributed by atoms with Crippen molar-refractivity contribution in [3.05, 3.63) is 18.4 Å². The largest absolute Gasteiger partial charge is 0.449 e. The number of hydrogen-bond donors (Lipinski definition) is 2. The summed E-state index contributed by atoms with van der Waals surface area (Å²) < 4.78 is 28.9. The van der Waals surface area contributed by atoms with Crippen LogP contribution in [0.4, 0.5) is 0 Å². The number of aromatic nitrogens is 1. The van der Waals surface area contributed by atoms with Gasteiger partial charge in [0.25, 0.3) is 11.0 Å². The summed E-state index contributed by atoms with van der Waals surface area (Å²) in [6, 6.07) is 0. The molecule has 1 heterocycles. The first kappa shape index (κ1) is 9.12. The van der Waals surface area contributed by atoms with Crippen LogP contribution in [0.5, 0.6) is 0 Å². The lowest BCUT2D eigenvalue weighted by atomic mass is 10.8. The molecule has 0 aliphatic carbocycles. The van der Waals surface area contributed by atoms with Gasteiger partial charge in [-0.05, 0) is 0 Å². The Hall–Kier alpha value is -0.880. The minimum absolute atomic E-state index is 0.718. The molecule has 0 fully saturated rings. The lowest BCUT2D eigenvalue weighted by Gasteiger charge is -1.67. The molecular weight excluding hydrogens is 158 g/mol. The highest BCUT2D eigenvalue weighted by Gasteiger charge is 1.77. The second-order valence-electron chi connectivity index (χ2n) is 1.29. The fourth-order valence-electron chi connectivity index (χ4n) is 0.295. The molecule has 0 amide bonds. The molecule has 0 atom stereocenters. The molecule has 0 aliphatic heterocycles. The van der Waals surface area contributed by atoms with Gasteiger partial charge in [0, 0.05) is 6.92 Å². The number of hydrogen-bond acceptors (Lipinski definition) is 4. The Kier molecular flexibility index (Phi) is 4.51. The fraction of sp³-hybridized carbons (Fsp3) is 0.250. The van der Waals surface area contributed by atoms with Crippen LogP contribution >= 0.6 is 0 Å². The molecule has 1 aromatic rings. The van der Waals surface area contributed by atoms with Crippen LogP contribution < -0.4 is 0 Å². The van der Waals surface area contributed by atoms with E-state index in [1.807, 2.05) is 0 Å². The van der Waals surface area contributed by atoms with Gasteiger partial charge in [-0.15, -0.1) is 0 Å². The predicted molar refractivity (Wildman–Crippen MR) is 34.2 cm³/mol. The van der Waals surface area contributed by atoms with Crippen LogP contribution in [-0.2, 0) is 11.0 Å². The van der Waals surface area contributed by atoms with Crippen LogP contribution in [0.15, 0.2) is 16.9 Å². The van der Waals surface area contributed by atoms with Crippen molar-refractivity contribution in [1.29, 1.82) is 0 Å². The van der Waals surface area contributed by atoms with E-state index in [-0.39, 0.29) is 0 Å². The highest BCUT2D eigenvalue weighted by atomic mass is 32.2. The minimum Gasteiger partial charge on any atom is -0.449 e. The van der Waals surface area contributed by atoms with Gasteiger partial charge < -0.3 is 4.42 Å². The van der Waals surface area contributed by atoms with Crippen LogP contribution in [0.1, 0.15) is 5.89 Å². The van der Waals surface area contributed by atoms with E-state index in [2.05, 4.69) is 4.98 Å². The Labute approximate surface area is 59.5 Å². The van der Waals surface area contributed by atoms with Gasteiger partial charge in [0.1, 0.15) is 6.26 Å². The molecule has 0 bridgehead atoms. The second kappa shape index (κ2) is 4.95. The predicted octanol–water partition coefficient (Wildman–Crippen LogP) is 0.0538. The highest BCUT2D eigenvalue weighted by Crippen LogP contribution is 1.86. The normalized spacial score (nSPS) is 8.70. The number of aryl methyl sites for hydroxylation is 1. The second-order valence-corrected chi connectivity index (χ2v) is 1.76. The molecule has 1 rings (SSSR count). The van der Waals surface area contributed by atoms with E-state index in [1.165, 1.54) is 0 Å². The summed E-state index contributed by atoms with van der Waals surface area (Å²) in [6.07, 6.45) is 3.17. The van der Waals surface area contributed by atoms with Crippen molar-refractivity contribution < 1.29 is 17.4 Å². The van der Waals surface area contributed by atoms with E-state index >= 15 is 0 Å². The Bertz CT molecular complexity index is 219. The topological polar surface area (TPSA) is 80.4 Å². The molecule has 58 valence electrons. The summed E-state index contributed by atoms with van der Waals surface area (Å²) in [5, 5.41) is 0. The smallest absolute Gasteiger partial charge is 0.254 e. The Morgan fingerprint density at radius 3 is 2.30 bits per heavy atom. The zero-order valence-corrected chi connectivity index (χ0v) is 6.12. The van der Waals surface area contributed by atoms with E-state index in [1.54, 1.807) is 19.4 Å². The lowest BCUT2D eigenvalue weighted by Crippen LogP contribution is -1.59. The molecule has 0 saturated carbocycles. The molecule has 0 radical (unpaired) electrons. The lowest BCUT2D eigenvalue weighted by molar-refractivity contribution is 0.509.